The number of benzene rings is 1. The van der Waals surface area contributed by atoms with Crippen LogP contribution in [-0.2, 0) is 19.1 Å². The van der Waals surface area contributed by atoms with E-state index in [9.17, 15) is 9.59 Å². The zero-order chi connectivity index (χ0) is 21.3. The summed E-state index contributed by atoms with van der Waals surface area (Å²) in [6.07, 6.45) is 0. The lowest BCUT2D eigenvalue weighted by molar-refractivity contribution is -0.140. The Morgan fingerprint density at radius 3 is 2.07 bits per heavy atom. The molecule has 154 valence electrons. The highest BCUT2D eigenvalue weighted by Crippen LogP contribution is 2.55. The van der Waals surface area contributed by atoms with E-state index < -0.39 is 17.5 Å². The Bertz CT molecular complexity index is 917. The fourth-order valence-electron chi connectivity index (χ4n) is 3.12. The fraction of sp³-hybridized carbons (Fsp3) is 0.381. The van der Waals surface area contributed by atoms with Crippen LogP contribution >= 0.6 is 35.7 Å². The standard InChI is InChI=1S/C21H23NO4S3/c1-6-25-18(23)15-16(19(24)26-7-2)29-20(28-15)14-12-10-8-9-11-13(12)22(5)21(3,4)17(14)27/h8-11H,6-7H2,1-5H3. The second-order valence-electron chi connectivity index (χ2n) is 6.93. The number of esters is 2. The molecule has 2 heterocycles. The largest absolute Gasteiger partial charge is 0.462 e. The van der Waals surface area contributed by atoms with Gasteiger partial charge in [-0.2, -0.15) is 0 Å². The van der Waals surface area contributed by atoms with Crippen molar-refractivity contribution in [2.45, 2.75) is 33.2 Å². The van der Waals surface area contributed by atoms with Crippen LogP contribution in [0.5, 0.6) is 0 Å². The second kappa shape index (κ2) is 8.53. The lowest BCUT2D eigenvalue weighted by Crippen LogP contribution is -2.50. The topological polar surface area (TPSA) is 55.8 Å². The molecule has 3 rings (SSSR count). The molecule has 0 N–H and O–H groups in total. The summed E-state index contributed by atoms with van der Waals surface area (Å²) in [5, 5.41) is 0. The van der Waals surface area contributed by atoms with Crippen molar-refractivity contribution < 1.29 is 19.1 Å². The average Bonchev–Trinajstić information content (AvgIpc) is 3.13. The first-order valence-corrected chi connectivity index (χ1v) is 11.3. The smallest absolute Gasteiger partial charge is 0.346 e. The Morgan fingerprint density at radius 2 is 1.55 bits per heavy atom. The molecular formula is C21H23NO4S3. The van der Waals surface area contributed by atoms with Gasteiger partial charge in [0.1, 0.15) is 9.81 Å². The van der Waals surface area contributed by atoms with Crippen molar-refractivity contribution in [2.75, 3.05) is 25.2 Å². The van der Waals surface area contributed by atoms with E-state index in [-0.39, 0.29) is 23.0 Å². The Balaban J connectivity index is 2.14. The van der Waals surface area contributed by atoms with Crippen LogP contribution in [0.4, 0.5) is 5.69 Å². The number of hydrogen-bond acceptors (Lipinski definition) is 8. The number of thioether (sulfide) groups is 2. The van der Waals surface area contributed by atoms with E-state index >= 15 is 0 Å². The summed E-state index contributed by atoms with van der Waals surface area (Å²) in [4.78, 5) is 28.5. The predicted octanol–water partition coefficient (Wildman–Crippen LogP) is 4.77. The van der Waals surface area contributed by atoms with Crippen molar-refractivity contribution >= 4 is 63.8 Å². The first-order valence-electron chi connectivity index (χ1n) is 9.30. The van der Waals surface area contributed by atoms with Gasteiger partial charge in [-0.3, -0.25) is 0 Å². The number of nitrogens with zero attached hydrogens (tertiary/aromatic N) is 1. The molecule has 2 aliphatic heterocycles. The van der Waals surface area contributed by atoms with E-state index in [2.05, 4.69) is 24.8 Å². The lowest BCUT2D eigenvalue weighted by Gasteiger charge is -2.44. The second-order valence-corrected chi connectivity index (χ2v) is 9.64. The SMILES string of the molecule is CCOC(=O)C1=C(C(=O)OCC)SC(=C2C(=S)C(C)(C)N(C)c3ccccc32)S1. The molecule has 0 amide bonds. The third-order valence-electron chi connectivity index (χ3n) is 4.88. The molecule has 0 atom stereocenters. The summed E-state index contributed by atoms with van der Waals surface area (Å²) in [5.74, 6) is -1.04. The van der Waals surface area contributed by atoms with Crippen LogP contribution in [0.15, 0.2) is 38.3 Å². The van der Waals surface area contributed by atoms with Crippen molar-refractivity contribution in [3.63, 3.8) is 0 Å². The number of carbonyl (C=O) groups excluding carboxylic acids is 2. The molecule has 0 saturated heterocycles. The number of ether oxygens (including phenoxy) is 2. The highest BCUT2D eigenvalue weighted by molar-refractivity contribution is 8.29. The first-order chi connectivity index (χ1) is 13.7. The molecule has 2 aliphatic rings. The van der Waals surface area contributed by atoms with Gasteiger partial charge in [-0.15, -0.1) is 0 Å². The van der Waals surface area contributed by atoms with Crippen molar-refractivity contribution in [3.05, 3.63) is 43.9 Å². The molecule has 0 spiro atoms. The molecule has 0 saturated carbocycles. The van der Waals surface area contributed by atoms with Gasteiger partial charge in [-0.05, 0) is 33.8 Å². The third kappa shape index (κ3) is 3.85. The highest BCUT2D eigenvalue weighted by atomic mass is 32.2. The van der Waals surface area contributed by atoms with Gasteiger partial charge in [-0.1, -0.05) is 53.9 Å². The Hall–Kier alpha value is -1.77. The summed E-state index contributed by atoms with van der Waals surface area (Å²) >= 11 is 8.36. The van der Waals surface area contributed by atoms with Gasteiger partial charge in [0, 0.05) is 28.7 Å². The molecule has 5 nitrogen and oxygen atoms in total. The molecule has 0 aliphatic carbocycles. The van der Waals surface area contributed by atoms with Crippen LogP contribution in [0.1, 0.15) is 33.3 Å². The van der Waals surface area contributed by atoms with Gasteiger partial charge in [0.15, 0.2) is 0 Å². The van der Waals surface area contributed by atoms with Gasteiger partial charge in [0.05, 0.1) is 23.0 Å². The van der Waals surface area contributed by atoms with Crippen LogP contribution in [0, 0.1) is 0 Å². The number of para-hydroxylation sites is 1. The predicted molar refractivity (Wildman–Crippen MR) is 124 cm³/mol. The van der Waals surface area contributed by atoms with E-state index in [1.807, 2.05) is 25.2 Å². The molecule has 29 heavy (non-hydrogen) atoms. The zero-order valence-corrected chi connectivity index (χ0v) is 19.5. The van der Waals surface area contributed by atoms with E-state index in [4.69, 9.17) is 21.7 Å². The number of rotatable bonds is 4. The monoisotopic (exact) mass is 449 g/mol. The molecule has 1 aromatic rings. The van der Waals surface area contributed by atoms with Crippen LogP contribution in [0.25, 0.3) is 5.57 Å². The minimum atomic E-state index is -0.518. The first kappa shape index (κ1) is 21.9. The van der Waals surface area contributed by atoms with Crippen molar-refractivity contribution in [1.82, 2.24) is 0 Å². The maximum atomic E-state index is 12.5. The van der Waals surface area contributed by atoms with Crippen LogP contribution < -0.4 is 4.90 Å². The van der Waals surface area contributed by atoms with Crippen molar-refractivity contribution in [3.8, 4) is 0 Å². The molecular weight excluding hydrogens is 426 g/mol. The Kier molecular flexibility index (Phi) is 6.45. The summed E-state index contributed by atoms with van der Waals surface area (Å²) < 4.78 is 11.1. The normalized spacial score (nSPS) is 18.1. The minimum absolute atomic E-state index is 0.231. The molecule has 0 bridgehead atoms. The number of carbonyl (C=O) groups is 2. The van der Waals surface area contributed by atoms with E-state index in [1.54, 1.807) is 13.8 Å². The number of thiocarbonyl (C=S) groups is 1. The molecule has 8 heteroatoms. The highest BCUT2D eigenvalue weighted by Gasteiger charge is 2.42. The molecule has 0 fully saturated rings. The van der Waals surface area contributed by atoms with Gasteiger partial charge in [0.2, 0.25) is 0 Å². The van der Waals surface area contributed by atoms with E-state index in [0.29, 0.717) is 0 Å². The number of fused-ring (bicyclic) bond motifs is 1. The molecule has 0 unspecified atom stereocenters. The zero-order valence-electron chi connectivity index (χ0n) is 17.0. The van der Waals surface area contributed by atoms with Gasteiger partial charge in [-0.25, -0.2) is 9.59 Å². The summed E-state index contributed by atoms with van der Waals surface area (Å²) in [6, 6.07) is 8.02. The van der Waals surface area contributed by atoms with Crippen LogP contribution in [0.3, 0.4) is 0 Å². The lowest BCUT2D eigenvalue weighted by atomic mass is 9.84. The fourth-order valence-corrected chi connectivity index (χ4v) is 6.16. The van der Waals surface area contributed by atoms with E-state index in [1.165, 1.54) is 23.5 Å². The van der Waals surface area contributed by atoms with Gasteiger partial charge in [0.25, 0.3) is 0 Å². The molecule has 0 aromatic heterocycles. The average molecular weight is 450 g/mol. The van der Waals surface area contributed by atoms with Crippen molar-refractivity contribution in [2.24, 2.45) is 0 Å². The number of anilines is 1. The summed E-state index contributed by atoms with van der Waals surface area (Å²) in [5.41, 5.74) is 2.53. The maximum Gasteiger partial charge on any atom is 0.346 e. The Morgan fingerprint density at radius 1 is 1.03 bits per heavy atom. The van der Waals surface area contributed by atoms with Gasteiger partial charge < -0.3 is 14.4 Å². The molecule has 0 radical (unpaired) electrons. The summed E-state index contributed by atoms with van der Waals surface area (Å²) in [6.45, 7) is 8.08. The van der Waals surface area contributed by atoms with Crippen LogP contribution in [-0.4, -0.2) is 42.6 Å². The Labute approximate surface area is 184 Å². The van der Waals surface area contributed by atoms with Gasteiger partial charge >= 0.3 is 11.9 Å². The molecule has 1 aromatic carbocycles. The number of hydrogen-bond donors (Lipinski definition) is 0. The van der Waals surface area contributed by atoms with E-state index in [0.717, 1.165) is 25.9 Å². The quantitative estimate of drug-likeness (QED) is 0.370. The van der Waals surface area contributed by atoms with Crippen LogP contribution in [0.2, 0.25) is 0 Å². The maximum absolute atomic E-state index is 12.5. The minimum Gasteiger partial charge on any atom is -0.462 e. The third-order valence-corrected chi connectivity index (χ3v) is 8.14. The summed E-state index contributed by atoms with van der Waals surface area (Å²) in [7, 11) is 2.02. The van der Waals surface area contributed by atoms with Crippen molar-refractivity contribution in [1.29, 1.82) is 0 Å².